The van der Waals surface area contributed by atoms with Gasteiger partial charge >= 0.3 is 12.1 Å². The van der Waals surface area contributed by atoms with Gasteiger partial charge in [-0.05, 0) is 47.3 Å². The highest BCUT2D eigenvalue weighted by molar-refractivity contribution is 7.07. The Morgan fingerprint density at radius 1 is 1.25 bits per heavy atom. The lowest BCUT2D eigenvalue weighted by molar-refractivity contribution is -0.192. The SMILES string of the molecule is CCc1cnc(N2CCO[C@@H]3CN(Cc4ccsc4)CC[C@@H]3C2)nc1.O=C(O)C(F)(F)F. The number of aromatic nitrogens is 2. The molecule has 0 unspecified atom stereocenters. The zero-order valence-electron chi connectivity index (χ0n) is 17.8. The number of carboxylic acids is 1. The Labute approximate surface area is 188 Å². The molecule has 7 nitrogen and oxygen atoms in total. The van der Waals surface area contributed by atoms with Crippen LogP contribution in [0.15, 0.2) is 29.2 Å². The Balaban J connectivity index is 0.000000360. The van der Waals surface area contributed by atoms with Crippen LogP contribution in [0.25, 0.3) is 0 Å². The molecule has 2 fully saturated rings. The summed E-state index contributed by atoms with van der Waals surface area (Å²) in [5.74, 6) is -1.34. The van der Waals surface area contributed by atoms with E-state index in [9.17, 15) is 13.2 Å². The van der Waals surface area contributed by atoms with Gasteiger partial charge in [-0.1, -0.05) is 6.92 Å². The predicted octanol–water partition coefficient (Wildman–Crippen LogP) is 3.46. The molecular weight excluding hydrogens is 445 g/mol. The van der Waals surface area contributed by atoms with Gasteiger partial charge in [-0.25, -0.2) is 14.8 Å². The first-order chi connectivity index (χ1) is 15.3. The lowest BCUT2D eigenvalue weighted by Crippen LogP contribution is -2.46. The van der Waals surface area contributed by atoms with Crippen LogP contribution in [0.2, 0.25) is 0 Å². The summed E-state index contributed by atoms with van der Waals surface area (Å²) in [5.41, 5.74) is 2.61. The molecule has 0 saturated carbocycles. The summed E-state index contributed by atoms with van der Waals surface area (Å²) in [4.78, 5) is 22.9. The molecule has 176 valence electrons. The maximum absolute atomic E-state index is 10.6. The molecule has 0 spiro atoms. The Morgan fingerprint density at radius 2 is 1.97 bits per heavy atom. The van der Waals surface area contributed by atoms with Crippen LogP contribution in [0, 0.1) is 5.92 Å². The minimum Gasteiger partial charge on any atom is -0.475 e. The van der Waals surface area contributed by atoms with Crippen molar-refractivity contribution in [3.05, 3.63) is 40.3 Å². The number of carboxylic acid groups (broad SMARTS) is 1. The van der Waals surface area contributed by atoms with Gasteiger partial charge in [0, 0.05) is 44.5 Å². The highest BCUT2D eigenvalue weighted by atomic mass is 32.1. The van der Waals surface area contributed by atoms with E-state index in [-0.39, 0.29) is 0 Å². The number of likely N-dealkylation sites (tertiary alicyclic amines) is 1. The van der Waals surface area contributed by atoms with Crippen molar-refractivity contribution in [3.8, 4) is 0 Å². The smallest absolute Gasteiger partial charge is 0.475 e. The highest BCUT2D eigenvalue weighted by Gasteiger charge is 2.38. The molecular formula is C21H27F3N4O3S. The highest BCUT2D eigenvalue weighted by Crippen LogP contribution is 2.26. The van der Waals surface area contributed by atoms with Gasteiger partial charge in [0.1, 0.15) is 0 Å². The monoisotopic (exact) mass is 472 g/mol. The van der Waals surface area contributed by atoms with E-state index >= 15 is 0 Å². The van der Waals surface area contributed by atoms with Gasteiger partial charge < -0.3 is 14.7 Å². The Bertz CT molecular complexity index is 849. The molecule has 11 heteroatoms. The molecule has 2 aliphatic heterocycles. The first-order valence-corrected chi connectivity index (χ1v) is 11.4. The van der Waals surface area contributed by atoms with Crippen molar-refractivity contribution in [2.45, 2.75) is 38.6 Å². The summed E-state index contributed by atoms with van der Waals surface area (Å²) in [6.45, 7) is 7.99. The Hall–Kier alpha value is -2.24. The van der Waals surface area contributed by atoms with Gasteiger partial charge in [-0.3, -0.25) is 4.90 Å². The Morgan fingerprint density at radius 3 is 2.56 bits per heavy atom. The van der Waals surface area contributed by atoms with Crippen molar-refractivity contribution >= 4 is 23.3 Å². The topological polar surface area (TPSA) is 78.8 Å². The molecule has 1 N–H and O–H groups in total. The molecule has 32 heavy (non-hydrogen) atoms. The number of fused-ring (bicyclic) bond motifs is 1. The maximum atomic E-state index is 10.6. The van der Waals surface area contributed by atoms with Crippen molar-refractivity contribution in [1.82, 2.24) is 14.9 Å². The van der Waals surface area contributed by atoms with Crippen LogP contribution in [0.3, 0.4) is 0 Å². The fourth-order valence-corrected chi connectivity index (χ4v) is 4.44. The molecule has 2 aromatic heterocycles. The normalized spacial score (nSPS) is 21.8. The summed E-state index contributed by atoms with van der Waals surface area (Å²) < 4.78 is 38.0. The van der Waals surface area contributed by atoms with Gasteiger partial charge in [-0.15, -0.1) is 0 Å². The number of hydrogen-bond acceptors (Lipinski definition) is 7. The van der Waals surface area contributed by atoms with E-state index in [4.69, 9.17) is 14.6 Å². The summed E-state index contributed by atoms with van der Waals surface area (Å²) in [7, 11) is 0. The molecule has 2 atom stereocenters. The van der Waals surface area contributed by atoms with E-state index in [1.165, 1.54) is 17.5 Å². The van der Waals surface area contributed by atoms with Crippen molar-refractivity contribution in [1.29, 1.82) is 0 Å². The number of hydrogen-bond donors (Lipinski definition) is 1. The average molecular weight is 473 g/mol. The molecule has 4 heterocycles. The van der Waals surface area contributed by atoms with Gasteiger partial charge in [0.25, 0.3) is 0 Å². The number of aliphatic carboxylic acids is 1. The van der Waals surface area contributed by atoms with Crippen molar-refractivity contribution in [2.75, 3.05) is 37.7 Å². The van der Waals surface area contributed by atoms with E-state index in [1.807, 2.05) is 12.4 Å². The van der Waals surface area contributed by atoms with Crippen LogP contribution >= 0.6 is 11.3 Å². The number of ether oxygens (including phenoxy) is 1. The summed E-state index contributed by atoms with van der Waals surface area (Å²) in [6.07, 6.45) is 1.31. The maximum Gasteiger partial charge on any atom is 0.490 e. The third-order valence-corrected chi connectivity index (χ3v) is 6.27. The fraction of sp³-hybridized carbons (Fsp3) is 0.571. The van der Waals surface area contributed by atoms with Crippen LogP contribution in [0.4, 0.5) is 19.1 Å². The second-order valence-electron chi connectivity index (χ2n) is 7.82. The van der Waals surface area contributed by atoms with E-state index in [0.29, 0.717) is 12.0 Å². The third kappa shape index (κ3) is 6.88. The average Bonchev–Trinajstić information content (AvgIpc) is 3.18. The quantitative estimate of drug-likeness (QED) is 0.730. The predicted molar refractivity (Wildman–Crippen MR) is 115 cm³/mol. The first-order valence-electron chi connectivity index (χ1n) is 10.5. The number of halogens is 3. The van der Waals surface area contributed by atoms with Crippen LogP contribution < -0.4 is 4.90 Å². The van der Waals surface area contributed by atoms with Crippen LogP contribution in [0.5, 0.6) is 0 Å². The van der Waals surface area contributed by atoms with Crippen molar-refractivity contribution < 1.29 is 27.8 Å². The number of rotatable bonds is 4. The minimum absolute atomic E-state index is 0.326. The zero-order valence-corrected chi connectivity index (χ0v) is 18.6. The van der Waals surface area contributed by atoms with Crippen LogP contribution in [0.1, 0.15) is 24.5 Å². The summed E-state index contributed by atoms with van der Waals surface area (Å²) >= 11 is 1.78. The van der Waals surface area contributed by atoms with E-state index in [0.717, 1.165) is 51.7 Å². The van der Waals surface area contributed by atoms with Gasteiger partial charge in [0.2, 0.25) is 5.95 Å². The van der Waals surface area contributed by atoms with Crippen molar-refractivity contribution in [3.63, 3.8) is 0 Å². The van der Waals surface area contributed by atoms with E-state index < -0.39 is 12.1 Å². The number of piperidine rings is 1. The molecule has 0 aromatic carbocycles. The van der Waals surface area contributed by atoms with Gasteiger partial charge in [-0.2, -0.15) is 24.5 Å². The molecule has 0 bridgehead atoms. The number of nitrogens with zero attached hydrogens (tertiary/aromatic N) is 4. The Kier molecular flexibility index (Phi) is 8.44. The fourth-order valence-electron chi connectivity index (χ4n) is 3.78. The number of carbonyl (C=O) groups is 1. The lowest BCUT2D eigenvalue weighted by atomic mass is 9.93. The largest absolute Gasteiger partial charge is 0.490 e. The zero-order chi connectivity index (χ0) is 23.1. The van der Waals surface area contributed by atoms with Crippen LogP contribution in [-0.2, 0) is 22.5 Å². The summed E-state index contributed by atoms with van der Waals surface area (Å²) in [5, 5.41) is 11.5. The lowest BCUT2D eigenvalue weighted by Gasteiger charge is -2.37. The minimum atomic E-state index is -5.08. The number of anilines is 1. The van der Waals surface area contributed by atoms with Crippen molar-refractivity contribution in [2.24, 2.45) is 5.92 Å². The molecule has 0 radical (unpaired) electrons. The summed E-state index contributed by atoms with van der Waals surface area (Å²) in [6, 6.07) is 2.23. The molecule has 4 rings (SSSR count). The second-order valence-corrected chi connectivity index (χ2v) is 8.60. The van der Waals surface area contributed by atoms with Crippen LogP contribution in [-0.4, -0.2) is 71.0 Å². The second kappa shape index (κ2) is 11.1. The molecule has 2 aromatic rings. The molecule has 2 aliphatic rings. The molecule has 0 amide bonds. The van der Waals surface area contributed by atoms with Gasteiger partial charge in [0.15, 0.2) is 0 Å². The van der Waals surface area contributed by atoms with E-state index in [2.05, 4.69) is 43.5 Å². The first kappa shape index (κ1) is 24.4. The molecule has 2 saturated heterocycles. The van der Waals surface area contributed by atoms with E-state index in [1.54, 1.807) is 11.3 Å². The third-order valence-electron chi connectivity index (χ3n) is 5.54. The number of thiophene rings is 1. The number of alkyl halides is 3. The van der Waals surface area contributed by atoms with Gasteiger partial charge in [0.05, 0.1) is 12.7 Å². The standard InChI is InChI=1S/C19H26N4OS.C2HF3O2/c1-2-15-9-20-19(21-10-15)23-6-7-24-18-13-22(5-3-17(18)12-23)11-16-4-8-25-14-16;3-2(4,5)1(6)7/h4,8-10,14,17-18H,2-3,5-7,11-13H2,1H3;(H,6,7)/t17-,18-;/m1./s1. The number of aryl methyl sites for hydroxylation is 1. The molecule has 0 aliphatic carbocycles.